The van der Waals surface area contributed by atoms with Crippen molar-refractivity contribution < 1.29 is 13.2 Å². The highest BCUT2D eigenvalue weighted by atomic mass is 19.4. The summed E-state index contributed by atoms with van der Waals surface area (Å²) in [4.78, 5) is 24.5. The van der Waals surface area contributed by atoms with E-state index in [1.807, 2.05) is 30.3 Å². The lowest BCUT2D eigenvalue weighted by Gasteiger charge is -2.11. The van der Waals surface area contributed by atoms with Gasteiger partial charge in [-0.2, -0.15) is 13.2 Å². The number of nitrogens with zero attached hydrogens (tertiary/aromatic N) is 2. The van der Waals surface area contributed by atoms with Gasteiger partial charge in [0, 0.05) is 12.4 Å². The van der Waals surface area contributed by atoms with Crippen molar-refractivity contribution in [3.63, 3.8) is 0 Å². The molecule has 0 unspecified atom stereocenters. The third kappa shape index (κ3) is 3.93. The Hall–Kier alpha value is -3.09. The van der Waals surface area contributed by atoms with Gasteiger partial charge in [0.2, 0.25) is 0 Å². The van der Waals surface area contributed by atoms with Gasteiger partial charge in [-0.25, -0.2) is 0 Å². The molecule has 0 saturated heterocycles. The summed E-state index contributed by atoms with van der Waals surface area (Å²) in [5.74, 6) is 0. The van der Waals surface area contributed by atoms with Crippen LogP contribution in [-0.4, -0.2) is 9.13 Å². The van der Waals surface area contributed by atoms with E-state index in [-0.39, 0.29) is 13.1 Å². The molecular weight excluding hydrogens is 345 g/mol. The fourth-order valence-electron chi connectivity index (χ4n) is 2.61. The van der Waals surface area contributed by atoms with Crippen molar-refractivity contribution in [3.8, 4) is 0 Å². The molecule has 2 aromatic carbocycles. The highest BCUT2D eigenvalue weighted by Crippen LogP contribution is 2.29. The quantitative estimate of drug-likeness (QED) is 0.671. The van der Waals surface area contributed by atoms with Crippen LogP contribution >= 0.6 is 0 Å². The summed E-state index contributed by atoms with van der Waals surface area (Å²) in [5.41, 5.74) is -1.13. The molecule has 26 heavy (non-hydrogen) atoms. The second-order valence-electron chi connectivity index (χ2n) is 5.85. The van der Waals surface area contributed by atoms with Crippen LogP contribution in [0.3, 0.4) is 0 Å². The van der Waals surface area contributed by atoms with E-state index in [4.69, 9.17) is 0 Å². The first-order valence-electron chi connectivity index (χ1n) is 7.84. The molecular formula is C19H15F3N2O2. The maximum absolute atomic E-state index is 12.8. The molecule has 0 aliphatic heterocycles. The molecule has 0 fully saturated rings. The summed E-state index contributed by atoms with van der Waals surface area (Å²) in [7, 11) is 0. The Kier molecular flexibility index (Phi) is 4.79. The van der Waals surface area contributed by atoms with Gasteiger partial charge in [0.1, 0.15) is 0 Å². The highest BCUT2D eigenvalue weighted by molar-refractivity contribution is 5.26. The van der Waals surface area contributed by atoms with Crippen LogP contribution in [0.1, 0.15) is 16.7 Å². The topological polar surface area (TPSA) is 44.0 Å². The minimum atomic E-state index is -4.46. The monoisotopic (exact) mass is 360 g/mol. The van der Waals surface area contributed by atoms with E-state index in [1.54, 1.807) is 0 Å². The lowest BCUT2D eigenvalue weighted by atomic mass is 10.1. The number of hydrogen-bond donors (Lipinski definition) is 0. The molecule has 7 heteroatoms. The predicted molar refractivity (Wildman–Crippen MR) is 91.1 cm³/mol. The zero-order chi connectivity index (χ0) is 18.7. The van der Waals surface area contributed by atoms with Crippen LogP contribution in [0.4, 0.5) is 13.2 Å². The first kappa shape index (κ1) is 17.7. The molecule has 0 bridgehead atoms. The molecule has 1 aromatic heterocycles. The average Bonchev–Trinajstić information content (AvgIpc) is 2.62. The van der Waals surface area contributed by atoms with Crippen molar-refractivity contribution in [1.29, 1.82) is 0 Å². The van der Waals surface area contributed by atoms with Crippen LogP contribution in [0.5, 0.6) is 0 Å². The molecule has 0 aliphatic rings. The second kappa shape index (κ2) is 7.03. The Morgan fingerprint density at radius 1 is 0.731 bits per heavy atom. The van der Waals surface area contributed by atoms with Gasteiger partial charge in [-0.1, -0.05) is 42.5 Å². The van der Waals surface area contributed by atoms with Gasteiger partial charge >= 0.3 is 17.3 Å². The molecule has 4 nitrogen and oxygen atoms in total. The lowest BCUT2D eigenvalue weighted by Crippen LogP contribution is -2.40. The second-order valence-corrected chi connectivity index (χ2v) is 5.85. The van der Waals surface area contributed by atoms with E-state index in [9.17, 15) is 22.8 Å². The van der Waals surface area contributed by atoms with Gasteiger partial charge in [0.05, 0.1) is 18.7 Å². The van der Waals surface area contributed by atoms with Gasteiger partial charge < -0.3 is 9.13 Å². The highest BCUT2D eigenvalue weighted by Gasteiger charge is 2.30. The number of hydrogen-bond acceptors (Lipinski definition) is 2. The van der Waals surface area contributed by atoms with E-state index in [0.29, 0.717) is 5.56 Å². The largest absolute Gasteiger partial charge is 0.416 e. The van der Waals surface area contributed by atoms with Crippen molar-refractivity contribution in [2.45, 2.75) is 19.3 Å². The normalized spacial score (nSPS) is 11.5. The van der Waals surface area contributed by atoms with Gasteiger partial charge in [-0.05, 0) is 23.3 Å². The predicted octanol–water partition coefficient (Wildman–Crippen LogP) is 3.13. The van der Waals surface area contributed by atoms with Crippen molar-refractivity contribution in [2.75, 3.05) is 0 Å². The van der Waals surface area contributed by atoms with Crippen LogP contribution in [0, 0.1) is 0 Å². The molecule has 134 valence electrons. The fourth-order valence-corrected chi connectivity index (χ4v) is 2.61. The number of benzene rings is 2. The third-order valence-corrected chi connectivity index (χ3v) is 3.93. The van der Waals surface area contributed by atoms with Gasteiger partial charge in [0.15, 0.2) is 0 Å². The summed E-state index contributed by atoms with van der Waals surface area (Å²) in [6.45, 7) is 0.142. The van der Waals surface area contributed by atoms with Crippen LogP contribution in [0.15, 0.2) is 76.6 Å². The summed E-state index contributed by atoms with van der Waals surface area (Å²) >= 11 is 0. The molecule has 3 rings (SSSR count). The maximum atomic E-state index is 12.8. The molecule has 0 N–H and O–H groups in total. The summed E-state index contributed by atoms with van der Waals surface area (Å²) in [6, 6.07) is 13.9. The van der Waals surface area contributed by atoms with Gasteiger partial charge in [0.25, 0.3) is 0 Å². The fraction of sp³-hybridized carbons (Fsp3) is 0.158. The minimum Gasteiger partial charge on any atom is -0.305 e. The molecule has 0 atom stereocenters. The molecule has 0 saturated carbocycles. The van der Waals surface area contributed by atoms with Crippen LogP contribution in [0.2, 0.25) is 0 Å². The first-order chi connectivity index (χ1) is 12.3. The Balaban J connectivity index is 1.88. The Bertz CT molecular complexity index is 1020. The van der Waals surface area contributed by atoms with Crippen molar-refractivity contribution in [2.24, 2.45) is 0 Å². The zero-order valence-corrected chi connectivity index (χ0v) is 13.6. The van der Waals surface area contributed by atoms with Gasteiger partial charge in [-0.3, -0.25) is 9.59 Å². The molecule has 3 aromatic rings. The van der Waals surface area contributed by atoms with Crippen LogP contribution < -0.4 is 11.1 Å². The minimum absolute atomic E-state index is 0.107. The third-order valence-electron chi connectivity index (χ3n) is 3.93. The molecule has 1 heterocycles. The summed E-state index contributed by atoms with van der Waals surface area (Å²) in [5, 5.41) is 0. The Labute approximate surface area is 146 Å². The SMILES string of the molecule is O=c1c(=O)n(Cc2cccc(C(F)(F)F)c2)ccn1Cc1ccccc1. The number of halogens is 3. The first-order valence-corrected chi connectivity index (χ1v) is 7.84. The van der Waals surface area contributed by atoms with Crippen LogP contribution in [0.25, 0.3) is 0 Å². The standard InChI is InChI=1S/C19H15F3N2O2/c20-19(21,22)16-8-4-7-15(11-16)13-24-10-9-23(17(25)18(24)26)12-14-5-2-1-3-6-14/h1-11H,12-13H2. The van der Waals surface area contributed by atoms with E-state index in [1.165, 1.54) is 29.1 Å². The van der Waals surface area contributed by atoms with E-state index in [2.05, 4.69) is 0 Å². The number of rotatable bonds is 4. The number of aromatic nitrogens is 2. The summed E-state index contributed by atoms with van der Waals surface area (Å²) in [6.07, 6.45) is -1.59. The molecule has 0 spiro atoms. The average molecular weight is 360 g/mol. The van der Waals surface area contributed by atoms with Crippen molar-refractivity contribution in [3.05, 3.63) is 104 Å². The zero-order valence-electron chi connectivity index (χ0n) is 13.6. The Morgan fingerprint density at radius 3 is 1.85 bits per heavy atom. The van der Waals surface area contributed by atoms with Gasteiger partial charge in [-0.15, -0.1) is 0 Å². The molecule has 0 aliphatic carbocycles. The van der Waals surface area contributed by atoms with Crippen molar-refractivity contribution in [1.82, 2.24) is 9.13 Å². The number of alkyl halides is 3. The molecule has 0 radical (unpaired) electrons. The van der Waals surface area contributed by atoms with E-state index >= 15 is 0 Å². The van der Waals surface area contributed by atoms with Crippen LogP contribution in [-0.2, 0) is 19.3 Å². The maximum Gasteiger partial charge on any atom is 0.416 e. The Morgan fingerprint density at radius 2 is 1.27 bits per heavy atom. The lowest BCUT2D eigenvalue weighted by molar-refractivity contribution is -0.137. The molecule has 0 amide bonds. The van der Waals surface area contributed by atoms with E-state index in [0.717, 1.165) is 22.3 Å². The summed E-state index contributed by atoms with van der Waals surface area (Å²) < 4.78 is 40.8. The smallest absolute Gasteiger partial charge is 0.305 e. The van der Waals surface area contributed by atoms with Crippen molar-refractivity contribution >= 4 is 0 Å². The van der Waals surface area contributed by atoms with E-state index < -0.39 is 22.9 Å².